The monoisotopic (exact) mass is 312 g/mol. The molecule has 2 heterocycles. The van der Waals surface area contributed by atoms with Gasteiger partial charge in [-0.1, -0.05) is 11.6 Å². The van der Waals surface area contributed by atoms with E-state index < -0.39 is 0 Å². The zero-order valence-electron chi connectivity index (χ0n) is 8.39. The molecule has 2 aromatic heterocycles. The van der Waals surface area contributed by atoms with Gasteiger partial charge in [0.15, 0.2) is 11.0 Å². The van der Waals surface area contributed by atoms with Crippen LogP contribution in [0.2, 0.25) is 5.15 Å². The Morgan fingerprint density at radius 1 is 1.29 bits per heavy atom. The Morgan fingerprint density at radius 2 is 2.12 bits per heavy atom. The minimum Gasteiger partial charge on any atom is -0.305 e. The molecule has 7 heteroatoms. The molecule has 0 spiro atoms. The summed E-state index contributed by atoms with van der Waals surface area (Å²) in [6.45, 7) is 0. The molecule has 2 aromatic rings. The predicted molar refractivity (Wildman–Crippen MR) is 66.9 cm³/mol. The molecule has 1 amide bonds. The summed E-state index contributed by atoms with van der Waals surface area (Å²) in [4.78, 5) is 15.8. The quantitative estimate of drug-likeness (QED) is 0.865. The van der Waals surface area contributed by atoms with E-state index in [2.05, 4.69) is 36.4 Å². The number of hydrogen-bond acceptors (Lipinski definition) is 4. The van der Waals surface area contributed by atoms with Gasteiger partial charge in [0.25, 0.3) is 5.91 Å². The Balaban J connectivity index is 2.17. The minimum atomic E-state index is -0.318. The summed E-state index contributed by atoms with van der Waals surface area (Å²) in [6.07, 6.45) is 1.59. The summed E-state index contributed by atoms with van der Waals surface area (Å²) < 4.78 is 0.472. The molecule has 0 saturated carbocycles. The zero-order chi connectivity index (χ0) is 12.3. The van der Waals surface area contributed by atoms with Crippen molar-refractivity contribution in [2.24, 2.45) is 0 Å². The van der Waals surface area contributed by atoms with Gasteiger partial charge in [-0.25, -0.2) is 4.98 Å². The SMILES string of the molecule is O=C(Nc1ccc(Cl)nn1)c1cccnc1Br. The van der Waals surface area contributed by atoms with Crippen molar-refractivity contribution in [2.45, 2.75) is 0 Å². The van der Waals surface area contributed by atoms with E-state index in [1.807, 2.05) is 0 Å². The van der Waals surface area contributed by atoms with Crippen molar-refractivity contribution < 1.29 is 4.79 Å². The molecule has 0 fully saturated rings. The van der Waals surface area contributed by atoms with E-state index in [0.717, 1.165) is 0 Å². The highest BCUT2D eigenvalue weighted by Crippen LogP contribution is 2.14. The first-order valence-electron chi connectivity index (χ1n) is 4.58. The summed E-state index contributed by atoms with van der Waals surface area (Å²) >= 11 is 8.78. The molecule has 2 rings (SSSR count). The summed E-state index contributed by atoms with van der Waals surface area (Å²) in [5.41, 5.74) is 0.421. The number of anilines is 1. The van der Waals surface area contributed by atoms with Crippen LogP contribution in [0.25, 0.3) is 0 Å². The van der Waals surface area contributed by atoms with Gasteiger partial charge in [0.05, 0.1) is 5.56 Å². The Morgan fingerprint density at radius 3 is 2.76 bits per heavy atom. The fourth-order valence-corrected chi connectivity index (χ4v) is 1.65. The van der Waals surface area contributed by atoms with Crippen molar-refractivity contribution in [3.8, 4) is 0 Å². The lowest BCUT2D eigenvalue weighted by molar-refractivity contribution is 0.102. The molecule has 86 valence electrons. The predicted octanol–water partition coefficient (Wildman–Crippen LogP) is 2.54. The highest BCUT2D eigenvalue weighted by atomic mass is 79.9. The smallest absolute Gasteiger partial charge is 0.259 e. The van der Waals surface area contributed by atoms with E-state index in [0.29, 0.717) is 16.0 Å². The lowest BCUT2D eigenvalue weighted by Gasteiger charge is -2.04. The summed E-state index contributed by atoms with van der Waals surface area (Å²) in [5.74, 6) is 0.0109. The second-order valence-electron chi connectivity index (χ2n) is 3.04. The minimum absolute atomic E-state index is 0.269. The topological polar surface area (TPSA) is 67.8 Å². The Hall–Kier alpha value is -1.53. The van der Waals surface area contributed by atoms with Crippen molar-refractivity contribution >= 4 is 39.3 Å². The molecule has 0 aliphatic carbocycles. The van der Waals surface area contributed by atoms with Crippen LogP contribution in [0.4, 0.5) is 5.82 Å². The standard InChI is InChI=1S/C10H6BrClN4O/c11-9-6(2-1-5-13-9)10(17)14-8-4-3-7(12)15-16-8/h1-5H,(H,14,16,17). The Bertz CT molecular complexity index is 546. The maximum Gasteiger partial charge on any atom is 0.259 e. The van der Waals surface area contributed by atoms with E-state index in [1.54, 1.807) is 30.5 Å². The third-order valence-corrected chi connectivity index (χ3v) is 2.71. The molecule has 17 heavy (non-hydrogen) atoms. The second-order valence-corrected chi connectivity index (χ2v) is 4.18. The Kier molecular flexibility index (Phi) is 3.65. The first-order chi connectivity index (χ1) is 8.16. The van der Waals surface area contributed by atoms with Crippen molar-refractivity contribution in [3.63, 3.8) is 0 Å². The number of pyridine rings is 1. The number of nitrogens with zero attached hydrogens (tertiary/aromatic N) is 3. The molecule has 5 nitrogen and oxygen atoms in total. The van der Waals surface area contributed by atoms with Crippen molar-refractivity contribution in [3.05, 3.63) is 45.8 Å². The van der Waals surface area contributed by atoms with Gasteiger partial charge in [-0.05, 0) is 40.2 Å². The normalized spacial score (nSPS) is 10.0. The van der Waals surface area contributed by atoms with Crippen LogP contribution in [0.3, 0.4) is 0 Å². The van der Waals surface area contributed by atoms with Crippen molar-refractivity contribution in [2.75, 3.05) is 5.32 Å². The van der Waals surface area contributed by atoms with Gasteiger partial charge in [-0.3, -0.25) is 4.79 Å². The van der Waals surface area contributed by atoms with E-state index in [-0.39, 0.29) is 11.1 Å². The van der Waals surface area contributed by atoms with Crippen molar-refractivity contribution in [1.82, 2.24) is 15.2 Å². The number of carbonyl (C=O) groups is 1. The molecule has 0 radical (unpaired) electrons. The van der Waals surface area contributed by atoms with Crippen LogP contribution in [0.5, 0.6) is 0 Å². The summed E-state index contributed by atoms with van der Waals surface area (Å²) in [7, 11) is 0. The highest BCUT2D eigenvalue weighted by molar-refractivity contribution is 9.10. The lowest BCUT2D eigenvalue weighted by Crippen LogP contribution is -2.14. The van der Waals surface area contributed by atoms with Gasteiger partial charge < -0.3 is 5.32 Å². The number of nitrogens with one attached hydrogen (secondary N) is 1. The number of carbonyl (C=O) groups excluding carboxylic acids is 1. The van der Waals surface area contributed by atoms with Crippen LogP contribution >= 0.6 is 27.5 Å². The third-order valence-electron chi connectivity index (χ3n) is 1.88. The highest BCUT2D eigenvalue weighted by Gasteiger charge is 2.11. The van der Waals surface area contributed by atoms with Gasteiger partial charge >= 0.3 is 0 Å². The average molecular weight is 314 g/mol. The fraction of sp³-hybridized carbons (Fsp3) is 0. The van der Waals surface area contributed by atoms with Crippen LogP contribution in [0.1, 0.15) is 10.4 Å². The second kappa shape index (κ2) is 5.20. The van der Waals surface area contributed by atoms with Gasteiger partial charge in [-0.2, -0.15) is 0 Å². The largest absolute Gasteiger partial charge is 0.305 e. The molecule has 0 aliphatic heterocycles. The van der Waals surface area contributed by atoms with E-state index >= 15 is 0 Å². The van der Waals surface area contributed by atoms with Crippen LogP contribution < -0.4 is 5.32 Å². The van der Waals surface area contributed by atoms with Crippen LogP contribution in [0, 0.1) is 0 Å². The lowest BCUT2D eigenvalue weighted by atomic mass is 10.3. The summed E-state index contributed by atoms with van der Waals surface area (Å²) in [6, 6.07) is 6.43. The third kappa shape index (κ3) is 2.98. The van der Waals surface area contributed by atoms with Crippen molar-refractivity contribution in [1.29, 1.82) is 0 Å². The molecular weight excluding hydrogens is 307 g/mol. The first-order valence-corrected chi connectivity index (χ1v) is 5.75. The van der Waals surface area contributed by atoms with E-state index in [1.165, 1.54) is 0 Å². The number of aromatic nitrogens is 3. The average Bonchev–Trinajstić information content (AvgIpc) is 2.32. The Labute approximate surface area is 110 Å². The first kappa shape index (κ1) is 11.9. The maximum atomic E-state index is 11.8. The number of rotatable bonds is 2. The van der Waals surface area contributed by atoms with Gasteiger partial charge in [0.2, 0.25) is 0 Å². The van der Waals surface area contributed by atoms with Crippen LogP contribution in [-0.4, -0.2) is 21.1 Å². The molecule has 0 aliphatic rings. The fourth-order valence-electron chi connectivity index (χ4n) is 1.12. The van der Waals surface area contributed by atoms with Gasteiger partial charge in [-0.15, -0.1) is 10.2 Å². The zero-order valence-corrected chi connectivity index (χ0v) is 10.7. The number of hydrogen-bond donors (Lipinski definition) is 1. The van der Waals surface area contributed by atoms with Gasteiger partial charge in [0.1, 0.15) is 4.60 Å². The molecule has 0 bridgehead atoms. The van der Waals surface area contributed by atoms with E-state index in [4.69, 9.17) is 11.6 Å². The molecule has 0 saturated heterocycles. The van der Waals surface area contributed by atoms with Crippen LogP contribution in [-0.2, 0) is 0 Å². The number of amides is 1. The number of halogens is 2. The summed E-state index contributed by atoms with van der Waals surface area (Å²) in [5, 5.41) is 10.2. The molecule has 0 aromatic carbocycles. The molecular formula is C10H6BrClN4O. The van der Waals surface area contributed by atoms with E-state index in [9.17, 15) is 4.79 Å². The van der Waals surface area contributed by atoms with Crippen LogP contribution in [0.15, 0.2) is 35.1 Å². The molecule has 0 unspecified atom stereocenters. The van der Waals surface area contributed by atoms with Gasteiger partial charge in [0, 0.05) is 6.20 Å². The maximum absolute atomic E-state index is 11.8. The molecule has 1 N–H and O–H groups in total. The molecule has 0 atom stereocenters.